The Hall–Kier alpha value is -1.79. The lowest BCUT2D eigenvalue weighted by Crippen LogP contribution is -2.27. The van der Waals surface area contributed by atoms with Crippen LogP contribution >= 0.6 is 0 Å². The molecule has 1 N–H and O–H groups in total. The van der Waals surface area contributed by atoms with Crippen molar-refractivity contribution in [1.29, 1.82) is 0 Å². The maximum absolute atomic E-state index is 12.2. The molecule has 2 amide bonds. The van der Waals surface area contributed by atoms with Gasteiger partial charge in [-0.15, -0.1) is 0 Å². The highest BCUT2D eigenvalue weighted by atomic mass is 19.4. The van der Waals surface area contributed by atoms with Gasteiger partial charge in [-0.1, -0.05) is 0 Å². The largest absolute Gasteiger partial charge is 0.433 e. The molecule has 0 saturated carbocycles. The molecule has 0 aromatic carbocycles. The Morgan fingerprint density at radius 2 is 2.00 bits per heavy atom. The molecule has 7 heteroatoms. The lowest BCUT2D eigenvalue weighted by Gasteiger charge is -2.12. The number of hydrogen-bond acceptors (Lipinski definition) is 2. The number of urea groups is 1. The van der Waals surface area contributed by atoms with E-state index >= 15 is 0 Å². The fourth-order valence-corrected chi connectivity index (χ4v) is 0.871. The molecular weight excluding hydrogens is 223 g/mol. The number of rotatable bonds is 1. The Balaban J connectivity index is 2.76. The first-order chi connectivity index (χ1) is 7.30. The predicted octanol–water partition coefficient (Wildman–Crippen LogP) is 2.19. The van der Waals surface area contributed by atoms with E-state index in [0.717, 1.165) is 18.3 Å². The second-order valence-electron chi connectivity index (χ2n) is 3.25. The molecule has 1 aromatic rings. The van der Waals surface area contributed by atoms with Gasteiger partial charge in [0.15, 0.2) is 0 Å². The Morgan fingerprint density at radius 3 is 2.38 bits per heavy atom. The summed E-state index contributed by atoms with van der Waals surface area (Å²) in [4.78, 5) is 15.6. The molecule has 4 nitrogen and oxygen atoms in total. The van der Waals surface area contributed by atoms with Crippen molar-refractivity contribution in [3.05, 3.63) is 24.0 Å². The molecule has 0 saturated heterocycles. The van der Waals surface area contributed by atoms with Crippen LogP contribution in [0.25, 0.3) is 0 Å². The number of hydrogen-bond donors (Lipinski definition) is 1. The normalized spacial score (nSPS) is 11.1. The Labute approximate surface area is 90.1 Å². The van der Waals surface area contributed by atoms with E-state index < -0.39 is 17.9 Å². The Morgan fingerprint density at radius 1 is 1.38 bits per heavy atom. The molecule has 0 bridgehead atoms. The first-order valence-corrected chi connectivity index (χ1v) is 4.32. The molecule has 0 fully saturated rings. The summed E-state index contributed by atoms with van der Waals surface area (Å²) < 4.78 is 36.5. The lowest BCUT2D eigenvalue weighted by atomic mass is 10.3. The highest BCUT2D eigenvalue weighted by Gasteiger charge is 2.32. The molecule has 0 aliphatic carbocycles. The first-order valence-electron chi connectivity index (χ1n) is 4.32. The first kappa shape index (κ1) is 12.3. The van der Waals surface area contributed by atoms with Gasteiger partial charge in [0.2, 0.25) is 0 Å². The average molecular weight is 233 g/mol. The SMILES string of the molecule is CN(C)C(=O)Nc1ccc(C(F)(F)F)nc1. The van der Waals surface area contributed by atoms with Crippen molar-refractivity contribution in [3.63, 3.8) is 0 Å². The van der Waals surface area contributed by atoms with Crippen molar-refractivity contribution < 1.29 is 18.0 Å². The number of halogens is 3. The second-order valence-corrected chi connectivity index (χ2v) is 3.25. The van der Waals surface area contributed by atoms with Crippen LogP contribution in [0, 0.1) is 0 Å². The van der Waals surface area contributed by atoms with Crippen LogP contribution in [-0.4, -0.2) is 30.0 Å². The summed E-state index contributed by atoms with van der Waals surface area (Å²) in [6.07, 6.45) is -3.51. The molecule has 88 valence electrons. The number of pyridine rings is 1. The van der Waals surface area contributed by atoms with E-state index in [1.807, 2.05) is 0 Å². The number of amides is 2. The Kier molecular flexibility index (Phi) is 3.36. The van der Waals surface area contributed by atoms with Crippen LogP contribution in [0.4, 0.5) is 23.7 Å². The van der Waals surface area contributed by atoms with E-state index in [0.29, 0.717) is 0 Å². The maximum Gasteiger partial charge on any atom is 0.433 e. The molecule has 16 heavy (non-hydrogen) atoms. The van der Waals surface area contributed by atoms with Gasteiger partial charge in [0.05, 0.1) is 11.9 Å². The molecule has 0 atom stereocenters. The van der Waals surface area contributed by atoms with Gasteiger partial charge in [0, 0.05) is 14.1 Å². The number of anilines is 1. The van der Waals surface area contributed by atoms with Gasteiger partial charge in [-0.25, -0.2) is 9.78 Å². The van der Waals surface area contributed by atoms with Crippen molar-refractivity contribution >= 4 is 11.7 Å². The van der Waals surface area contributed by atoms with E-state index in [1.165, 1.54) is 19.0 Å². The Bertz CT molecular complexity index is 373. The highest BCUT2D eigenvalue weighted by molar-refractivity contribution is 5.88. The number of nitrogens with one attached hydrogen (secondary N) is 1. The van der Waals surface area contributed by atoms with E-state index in [-0.39, 0.29) is 5.69 Å². The minimum absolute atomic E-state index is 0.215. The molecule has 1 aromatic heterocycles. The van der Waals surface area contributed by atoms with Crippen LogP contribution in [0.15, 0.2) is 18.3 Å². The number of carbonyl (C=O) groups is 1. The third-order valence-corrected chi connectivity index (χ3v) is 1.71. The van der Waals surface area contributed by atoms with E-state index in [1.54, 1.807) is 0 Å². The van der Waals surface area contributed by atoms with Crippen LogP contribution < -0.4 is 5.32 Å². The number of aromatic nitrogens is 1. The molecule has 0 aliphatic rings. The summed E-state index contributed by atoms with van der Waals surface area (Å²) in [6, 6.07) is 1.53. The molecule has 0 radical (unpaired) electrons. The van der Waals surface area contributed by atoms with Crippen molar-refractivity contribution in [2.75, 3.05) is 19.4 Å². The summed E-state index contributed by atoms with van der Waals surface area (Å²) >= 11 is 0. The lowest BCUT2D eigenvalue weighted by molar-refractivity contribution is -0.141. The number of nitrogens with zero attached hydrogens (tertiary/aromatic N) is 2. The fraction of sp³-hybridized carbons (Fsp3) is 0.333. The van der Waals surface area contributed by atoms with Gasteiger partial charge in [-0.3, -0.25) is 0 Å². The summed E-state index contributed by atoms with van der Waals surface area (Å²) in [6.45, 7) is 0. The van der Waals surface area contributed by atoms with Gasteiger partial charge in [-0.05, 0) is 12.1 Å². The summed E-state index contributed by atoms with van der Waals surface area (Å²) in [5, 5.41) is 2.38. The quantitative estimate of drug-likeness (QED) is 0.808. The van der Waals surface area contributed by atoms with Crippen molar-refractivity contribution in [3.8, 4) is 0 Å². The topological polar surface area (TPSA) is 45.2 Å². The molecular formula is C9H10F3N3O. The third-order valence-electron chi connectivity index (χ3n) is 1.71. The van der Waals surface area contributed by atoms with E-state index in [4.69, 9.17) is 0 Å². The third kappa shape index (κ3) is 3.11. The van der Waals surface area contributed by atoms with Gasteiger partial charge in [0.1, 0.15) is 5.69 Å². The van der Waals surface area contributed by atoms with Crippen LogP contribution in [0.1, 0.15) is 5.69 Å². The van der Waals surface area contributed by atoms with E-state index in [9.17, 15) is 18.0 Å². The summed E-state index contributed by atoms with van der Waals surface area (Å²) in [5.41, 5.74) is -0.776. The second kappa shape index (κ2) is 4.38. The van der Waals surface area contributed by atoms with Crippen LogP contribution in [0.5, 0.6) is 0 Å². The minimum atomic E-state index is -4.47. The fourth-order valence-electron chi connectivity index (χ4n) is 0.871. The van der Waals surface area contributed by atoms with Crippen molar-refractivity contribution in [1.82, 2.24) is 9.88 Å². The van der Waals surface area contributed by atoms with Crippen molar-refractivity contribution in [2.45, 2.75) is 6.18 Å². The summed E-state index contributed by atoms with van der Waals surface area (Å²) in [5.74, 6) is 0. The average Bonchev–Trinajstić information content (AvgIpc) is 2.17. The monoisotopic (exact) mass is 233 g/mol. The molecule has 1 rings (SSSR count). The van der Waals surface area contributed by atoms with Crippen LogP contribution in [0.3, 0.4) is 0 Å². The predicted molar refractivity (Wildman–Crippen MR) is 51.9 cm³/mol. The zero-order chi connectivity index (χ0) is 12.3. The smallest absolute Gasteiger partial charge is 0.331 e. The molecule has 0 spiro atoms. The molecule has 0 unspecified atom stereocenters. The maximum atomic E-state index is 12.2. The zero-order valence-corrected chi connectivity index (χ0v) is 8.67. The van der Waals surface area contributed by atoms with E-state index in [2.05, 4.69) is 10.3 Å². The van der Waals surface area contributed by atoms with Gasteiger partial charge >= 0.3 is 12.2 Å². The molecule has 0 aliphatic heterocycles. The number of carbonyl (C=O) groups excluding carboxylic acids is 1. The molecule has 1 heterocycles. The highest BCUT2D eigenvalue weighted by Crippen LogP contribution is 2.27. The van der Waals surface area contributed by atoms with Gasteiger partial charge in [-0.2, -0.15) is 13.2 Å². The number of alkyl halides is 3. The van der Waals surface area contributed by atoms with Crippen LogP contribution in [0.2, 0.25) is 0 Å². The van der Waals surface area contributed by atoms with Crippen LogP contribution in [-0.2, 0) is 6.18 Å². The van der Waals surface area contributed by atoms with Crippen molar-refractivity contribution in [2.24, 2.45) is 0 Å². The standard InChI is InChI=1S/C9H10F3N3O/c1-15(2)8(16)14-6-3-4-7(13-5-6)9(10,11)12/h3-5H,1-2H3,(H,14,16). The zero-order valence-electron chi connectivity index (χ0n) is 8.67. The minimum Gasteiger partial charge on any atom is -0.331 e. The van der Waals surface area contributed by atoms with Gasteiger partial charge < -0.3 is 10.2 Å². The van der Waals surface area contributed by atoms with Gasteiger partial charge in [0.25, 0.3) is 0 Å². The summed E-state index contributed by atoms with van der Waals surface area (Å²) in [7, 11) is 3.04.